The van der Waals surface area contributed by atoms with Crippen LogP contribution in [0.15, 0.2) is 36.4 Å². The van der Waals surface area contributed by atoms with Crippen LogP contribution >= 0.6 is 0 Å². The van der Waals surface area contributed by atoms with Gasteiger partial charge in [-0.1, -0.05) is 18.2 Å². The Hall–Kier alpha value is -1.87. The summed E-state index contributed by atoms with van der Waals surface area (Å²) in [7, 11) is 1.63. The number of carbonyl (C=O) groups excluding carboxylic acids is 1. The molecule has 2 rings (SSSR count). The molecule has 0 aliphatic carbocycles. The standard InChI is InChI=1S/C15H16O3/c1-10(16)7-15(17)13-4-3-12-9-14(18-2)6-5-11(12)8-13/h3-6,8-9,15,17H,7H2,1-2H3. The van der Waals surface area contributed by atoms with E-state index in [0.717, 1.165) is 22.1 Å². The fourth-order valence-corrected chi connectivity index (χ4v) is 1.97. The normalized spacial score (nSPS) is 12.4. The van der Waals surface area contributed by atoms with Crippen LogP contribution in [-0.4, -0.2) is 18.0 Å². The van der Waals surface area contributed by atoms with Gasteiger partial charge >= 0.3 is 0 Å². The van der Waals surface area contributed by atoms with E-state index in [1.54, 1.807) is 7.11 Å². The number of aliphatic hydroxyl groups is 1. The van der Waals surface area contributed by atoms with E-state index in [1.165, 1.54) is 6.92 Å². The van der Waals surface area contributed by atoms with Crippen LogP contribution < -0.4 is 4.74 Å². The number of carbonyl (C=O) groups is 1. The van der Waals surface area contributed by atoms with Crippen LogP contribution in [0.3, 0.4) is 0 Å². The van der Waals surface area contributed by atoms with Crippen molar-refractivity contribution in [1.29, 1.82) is 0 Å². The maximum atomic E-state index is 11.0. The summed E-state index contributed by atoms with van der Waals surface area (Å²) in [6.07, 6.45) is -0.573. The minimum Gasteiger partial charge on any atom is -0.497 e. The minimum atomic E-state index is -0.728. The first kappa shape index (κ1) is 12.6. The average Bonchev–Trinajstić information content (AvgIpc) is 2.36. The van der Waals surface area contributed by atoms with Gasteiger partial charge in [-0.2, -0.15) is 0 Å². The number of hydrogen-bond acceptors (Lipinski definition) is 3. The Balaban J connectivity index is 2.35. The molecule has 0 heterocycles. The largest absolute Gasteiger partial charge is 0.497 e. The molecule has 0 fully saturated rings. The van der Waals surface area contributed by atoms with E-state index in [4.69, 9.17) is 4.74 Å². The third-order valence-electron chi connectivity index (χ3n) is 2.94. The first-order chi connectivity index (χ1) is 8.60. The molecule has 94 valence electrons. The maximum Gasteiger partial charge on any atom is 0.132 e. The summed E-state index contributed by atoms with van der Waals surface area (Å²) < 4.78 is 5.16. The molecule has 2 aromatic rings. The van der Waals surface area contributed by atoms with Crippen molar-refractivity contribution in [3.8, 4) is 5.75 Å². The highest BCUT2D eigenvalue weighted by molar-refractivity contribution is 5.85. The van der Waals surface area contributed by atoms with Crippen molar-refractivity contribution < 1.29 is 14.6 Å². The third-order valence-corrected chi connectivity index (χ3v) is 2.94. The minimum absolute atomic E-state index is 0.0164. The summed E-state index contributed by atoms with van der Waals surface area (Å²) in [6.45, 7) is 1.48. The number of aliphatic hydroxyl groups excluding tert-OH is 1. The molecule has 18 heavy (non-hydrogen) atoms. The Kier molecular flexibility index (Phi) is 3.63. The first-order valence-corrected chi connectivity index (χ1v) is 5.85. The molecule has 1 N–H and O–H groups in total. The van der Waals surface area contributed by atoms with Crippen LogP contribution in [0.25, 0.3) is 10.8 Å². The highest BCUT2D eigenvalue weighted by Crippen LogP contribution is 2.25. The van der Waals surface area contributed by atoms with Crippen LogP contribution in [0.5, 0.6) is 5.75 Å². The quantitative estimate of drug-likeness (QED) is 0.899. The van der Waals surface area contributed by atoms with Crippen LogP contribution in [0, 0.1) is 0 Å². The number of fused-ring (bicyclic) bond motifs is 1. The smallest absolute Gasteiger partial charge is 0.132 e. The van der Waals surface area contributed by atoms with Gasteiger partial charge in [0, 0.05) is 6.42 Å². The van der Waals surface area contributed by atoms with Gasteiger partial charge in [0.05, 0.1) is 13.2 Å². The molecule has 0 spiro atoms. The van der Waals surface area contributed by atoms with E-state index in [1.807, 2.05) is 36.4 Å². The van der Waals surface area contributed by atoms with E-state index in [2.05, 4.69) is 0 Å². The first-order valence-electron chi connectivity index (χ1n) is 5.85. The number of rotatable bonds is 4. The Morgan fingerprint density at radius 2 is 1.89 bits per heavy atom. The molecule has 0 saturated carbocycles. The van der Waals surface area contributed by atoms with E-state index in [9.17, 15) is 9.90 Å². The summed E-state index contributed by atoms with van der Waals surface area (Å²) in [4.78, 5) is 11.0. The van der Waals surface area contributed by atoms with Crippen molar-refractivity contribution in [3.63, 3.8) is 0 Å². The zero-order valence-electron chi connectivity index (χ0n) is 10.5. The molecule has 2 aromatic carbocycles. The van der Waals surface area contributed by atoms with Gasteiger partial charge in [-0.15, -0.1) is 0 Å². The molecule has 1 unspecified atom stereocenters. The monoisotopic (exact) mass is 244 g/mol. The van der Waals surface area contributed by atoms with Crippen molar-refractivity contribution in [2.45, 2.75) is 19.4 Å². The van der Waals surface area contributed by atoms with Crippen LogP contribution in [0.2, 0.25) is 0 Å². The number of hydrogen-bond donors (Lipinski definition) is 1. The summed E-state index contributed by atoms with van der Waals surface area (Å²) in [5.41, 5.74) is 0.767. The van der Waals surface area contributed by atoms with Crippen LogP contribution in [0.4, 0.5) is 0 Å². The molecule has 0 radical (unpaired) electrons. The lowest BCUT2D eigenvalue weighted by molar-refractivity contribution is -0.118. The van der Waals surface area contributed by atoms with Gasteiger partial charge in [-0.05, 0) is 41.5 Å². The molecule has 0 aromatic heterocycles. The lowest BCUT2D eigenvalue weighted by atomic mass is 10.0. The van der Waals surface area contributed by atoms with E-state index < -0.39 is 6.10 Å². The Bertz CT molecular complexity index is 575. The topological polar surface area (TPSA) is 46.5 Å². The zero-order valence-corrected chi connectivity index (χ0v) is 10.5. The highest BCUT2D eigenvalue weighted by Gasteiger charge is 2.10. The lowest BCUT2D eigenvalue weighted by Gasteiger charge is -2.10. The maximum absolute atomic E-state index is 11.0. The highest BCUT2D eigenvalue weighted by atomic mass is 16.5. The zero-order chi connectivity index (χ0) is 13.1. The molecular weight excluding hydrogens is 228 g/mol. The van der Waals surface area contributed by atoms with Crippen LogP contribution in [0.1, 0.15) is 25.0 Å². The van der Waals surface area contributed by atoms with Gasteiger partial charge in [0.1, 0.15) is 11.5 Å². The van der Waals surface area contributed by atoms with Crippen molar-refractivity contribution >= 4 is 16.6 Å². The molecule has 3 heteroatoms. The van der Waals surface area contributed by atoms with Crippen LogP contribution in [-0.2, 0) is 4.79 Å². The van der Waals surface area contributed by atoms with Gasteiger partial charge in [-0.25, -0.2) is 0 Å². The van der Waals surface area contributed by atoms with Gasteiger partial charge in [0.25, 0.3) is 0 Å². The second-order valence-corrected chi connectivity index (χ2v) is 4.39. The SMILES string of the molecule is COc1ccc2cc(C(O)CC(C)=O)ccc2c1. The van der Waals surface area contributed by atoms with Crippen molar-refractivity contribution in [2.75, 3.05) is 7.11 Å². The summed E-state index contributed by atoms with van der Waals surface area (Å²) in [5, 5.41) is 12.0. The fourth-order valence-electron chi connectivity index (χ4n) is 1.97. The molecule has 0 aliphatic heterocycles. The molecule has 0 bridgehead atoms. The van der Waals surface area contributed by atoms with Gasteiger partial charge in [0.15, 0.2) is 0 Å². The van der Waals surface area contributed by atoms with E-state index in [0.29, 0.717) is 0 Å². The van der Waals surface area contributed by atoms with Crippen molar-refractivity contribution in [1.82, 2.24) is 0 Å². The molecule has 0 aliphatic rings. The second-order valence-electron chi connectivity index (χ2n) is 4.39. The molecule has 3 nitrogen and oxygen atoms in total. The Morgan fingerprint density at radius 1 is 1.22 bits per heavy atom. The van der Waals surface area contributed by atoms with Gasteiger partial charge < -0.3 is 9.84 Å². The molecular formula is C15H16O3. The second kappa shape index (κ2) is 5.19. The lowest BCUT2D eigenvalue weighted by Crippen LogP contribution is -2.03. The van der Waals surface area contributed by atoms with Crippen molar-refractivity contribution in [2.24, 2.45) is 0 Å². The predicted molar refractivity (Wildman–Crippen MR) is 70.8 cm³/mol. The number of Topliss-reactive ketones (excluding diaryl/α,β-unsaturated/α-hetero) is 1. The van der Waals surface area contributed by atoms with E-state index >= 15 is 0 Å². The number of methoxy groups -OCH3 is 1. The van der Waals surface area contributed by atoms with Gasteiger partial charge in [0.2, 0.25) is 0 Å². The number of ether oxygens (including phenoxy) is 1. The predicted octanol–water partition coefficient (Wildman–Crippen LogP) is 2.86. The fraction of sp³-hybridized carbons (Fsp3) is 0.267. The Morgan fingerprint density at radius 3 is 2.56 bits per heavy atom. The third kappa shape index (κ3) is 2.68. The molecule has 0 saturated heterocycles. The van der Waals surface area contributed by atoms with Crippen molar-refractivity contribution in [3.05, 3.63) is 42.0 Å². The summed E-state index contributed by atoms with van der Waals surface area (Å²) >= 11 is 0. The molecule has 1 atom stereocenters. The average molecular weight is 244 g/mol. The summed E-state index contributed by atoms with van der Waals surface area (Å²) in [5.74, 6) is 0.789. The Labute approximate surface area is 106 Å². The van der Waals surface area contributed by atoms with E-state index in [-0.39, 0.29) is 12.2 Å². The molecule has 0 amide bonds. The number of benzene rings is 2. The number of ketones is 1. The van der Waals surface area contributed by atoms with Gasteiger partial charge in [-0.3, -0.25) is 4.79 Å². The summed E-state index contributed by atoms with van der Waals surface area (Å²) in [6, 6.07) is 11.4.